The lowest BCUT2D eigenvalue weighted by Crippen LogP contribution is -2.39. The Balaban J connectivity index is 1.70. The molecule has 0 unspecified atom stereocenters. The normalized spacial score (nSPS) is 11.1. The summed E-state index contributed by atoms with van der Waals surface area (Å²) >= 11 is 11.9. The van der Waals surface area contributed by atoms with Crippen molar-refractivity contribution in [3.05, 3.63) is 63.6 Å². The molecule has 0 radical (unpaired) electrons. The highest BCUT2D eigenvalue weighted by atomic mass is 35.5. The number of aryl methyl sites for hydroxylation is 1. The molecule has 0 aliphatic heterocycles. The van der Waals surface area contributed by atoms with E-state index in [1.807, 2.05) is 30.3 Å². The van der Waals surface area contributed by atoms with Crippen molar-refractivity contribution in [2.24, 2.45) is 0 Å². The van der Waals surface area contributed by atoms with Crippen LogP contribution in [0, 0.1) is 0 Å². The molecule has 0 atom stereocenters. The van der Waals surface area contributed by atoms with E-state index in [-0.39, 0.29) is 5.91 Å². The lowest BCUT2D eigenvalue weighted by atomic mass is 10.1. The van der Waals surface area contributed by atoms with Crippen molar-refractivity contribution in [3.8, 4) is 5.75 Å². The highest BCUT2D eigenvalue weighted by molar-refractivity contribution is 6.42. The summed E-state index contributed by atoms with van der Waals surface area (Å²) in [5.41, 5.74) is 6.51. The Labute approximate surface area is 193 Å². The van der Waals surface area contributed by atoms with Gasteiger partial charge in [-0.05, 0) is 69.0 Å². The molecule has 2 aromatic carbocycles. The van der Waals surface area contributed by atoms with Crippen LogP contribution in [0.15, 0.2) is 42.5 Å². The fourth-order valence-corrected chi connectivity index (χ4v) is 3.10. The van der Waals surface area contributed by atoms with Crippen LogP contribution < -0.4 is 15.6 Å². The number of hydrazine groups is 1. The lowest BCUT2D eigenvalue weighted by molar-refractivity contribution is -0.158. The van der Waals surface area contributed by atoms with Gasteiger partial charge in [0, 0.05) is 13.0 Å². The molecule has 0 saturated carbocycles. The van der Waals surface area contributed by atoms with E-state index in [2.05, 4.69) is 10.9 Å². The molecular formula is C23H28Cl2N2O4. The largest absolute Gasteiger partial charge is 0.476 e. The molecule has 0 spiro atoms. The second-order valence-electron chi connectivity index (χ2n) is 7.48. The first kappa shape index (κ1) is 25.0. The summed E-state index contributed by atoms with van der Waals surface area (Å²) in [7, 11) is 0. The van der Waals surface area contributed by atoms with Gasteiger partial charge in [0.1, 0.15) is 5.75 Å². The number of nitrogens with one attached hydrogen (secondary N) is 2. The molecule has 6 nitrogen and oxygen atoms in total. The minimum atomic E-state index is -1.06. The Morgan fingerprint density at radius 3 is 2.32 bits per heavy atom. The van der Waals surface area contributed by atoms with Crippen molar-refractivity contribution in [3.63, 3.8) is 0 Å². The number of rotatable bonds is 11. The molecule has 2 rings (SSSR count). The molecule has 2 aromatic rings. The van der Waals surface area contributed by atoms with Crippen LogP contribution in [0.3, 0.4) is 0 Å². The number of carbonyl (C=O) groups is 2. The lowest BCUT2D eigenvalue weighted by Gasteiger charge is -2.24. The predicted octanol–water partition coefficient (Wildman–Crippen LogP) is 4.86. The van der Waals surface area contributed by atoms with E-state index < -0.39 is 11.6 Å². The van der Waals surface area contributed by atoms with Crippen molar-refractivity contribution in [2.45, 2.75) is 52.2 Å². The summed E-state index contributed by atoms with van der Waals surface area (Å²) in [5, 5.41) is 0.977. The smallest absolute Gasteiger partial charge is 0.349 e. The summed E-state index contributed by atoms with van der Waals surface area (Å²) in [6.45, 7) is 5.87. The van der Waals surface area contributed by atoms with E-state index in [1.165, 1.54) is 0 Å². The molecule has 168 valence electrons. The number of halogens is 2. The first-order chi connectivity index (χ1) is 14.7. The van der Waals surface area contributed by atoms with Crippen LogP contribution in [-0.4, -0.2) is 24.1 Å². The zero-order valence-electron chi connectivity index (χ0n) is 18.0. The molecular weight excluding hydrogens is 439 g/mol. The Bertz CT molecular complexity index is 886. The standard InChI is InChI=1S/C23H28Cl2N2O4/c1-4-30-22(29)23(2,3)31-18-11-8-16(9-12-18)6-5-7-21(28)27-26-15-17-10-13-19(24)20(25)14-17/h8-14,26H,4-7,15H2,1-3H3,(H,27,28). The fourth-order valence-electron chi connectivity index (χ4n) is 2.78. The highest BCUT2D eigenvalue weighted by Gasteiger charge is 2.31. The highest BCUT2D eigenvalue weighted by Crippen LogP contribution is 2.22. The van der Waals surface area contributed by atoms with Gasteiger partial charge in [0.05, 0.1) is 16.7 Å². The van der Waals surface area contributed by atoms with Crippen LogP contribution in [-0.2, 0) is 27.3 Å². The average molecular weight is 467 g/mol. The number of hydrogen-bond donors (Lipinski definition) is 2. The molecule has 0 bridgehead atoms. The van der Waals surface area contributed by atoms with Crippen molar-refractivity contribution in [2.75, 3.05) is 6.61 Å². The van der Waals surface area contributed by atoms with Crippen LogP contribution in [0.2, 0.25) is 10.0 Å². The molecule has 1 amide bonds. The van der Waals surface area contributed by atoms with E-state index in [1.54, 1.807) is 32.9 Å². The third kappa shape index (κ3) is 8.40. The third-order valence-corrected chi connectivity index (χ3v) is 5.18. The minimum absolute atomic E-state index is 0.0869. The van der Waals surface area contributed by atoms with Crippen molar-refractivity contribution >= 4 is 35.1 Å². The molecule has 0 aliphatic rings. The number of benzene rings is 2. The maximum Gasteiger partial charge on any atom is 0.349 e. The van der Waals surface area contributed by atoms with Gasteiger partial charge in [-0.15, -0.1) is 0 Å². The van der Waals surface area contributed by atoms with E-state index in [0.29, 0.717) is 41.8 Å². The van der Waals surface area contributed by atoms with Crippen molar-refractivity contribution < 1.29 is 19.1 Å². The number of hydrogen-bond acceptors (Lipinski definition) is 5. The zero-order valence-corrected chi connectivity index (χ0v) is 19.5. The molecule has 8 heteroatoms. The van der Waals surface area contributed by atoms with Crippen molar-refractivity contribution in [1.82, 2.24) is 10.9 Å². The van der Waals surface area contributed by atoms with Gasteiger partial charge < -0.3 is 9.47 Å². The SMILES string of the molecule is CCOC(=O)C(C)(C)Oc1ccc(CCCC(=O)NNCc2ccc(Cl)c(Cl)c2)cc1. The molecule has 0 saturated heterocycles. The van der Waals surface area contributed by atoms with Gasteiger partial charge in [0.25, 0.3) is 0 Å². The number of amides is 1. The molecule has 2 N–H and O–H groups in total. The maximum absolute atomic E-state index is 12.0. The molecule has 0 aromatic heterocycles. The monoisotopic (exact) mass is 466 g/mol. The Morgan fingerprint density at radius 2 is 1.68 bits per heavy atom. The van der Waals surface area contributed by atoms with Gasteiger partial charge in [0.15, 0.2) is 5.60 Å². The van der Waals surface area contributed by atoms with Gasteiger partial charge in [0.2, 0.25) is 5.91 Å². The Hall–Kier alpha value is -2.28. The van der Waals surface area contributed by atoms with Gasteiger partial charge in [-0.2, -0.15) is 0 Å². The number of ether oxygens (including phenoxy) is 2. The molecule has 31 heavy (non-hydrogen) atoms. The van der Waals surface area contributed by atoms with E-state index in [0.717, 1.165) is 17.5 Å². The maximum atomic E-state index is 12.0. The number of carbonyl (C=O) groups excluding carboxylic acids is 2. The number of esters is 1. The minimum Gasteiger partial charge on any atom is -0.476 e. The van der Waals surface area contributed by atoms with Crippen LogP contribution in [0.25, 0.3) is 0 Å². The predicted molar refractivity (Wildman–Crippen MR) is 122 cm³/mol. The average Bonchev–Trinajstić information content (AvgIpc) is 2.72. The fraction of sp³-hybridized carbons (Fsp3) is 0.391. The quantitative estimate of drug-likeness (QED) is 0.365. The molecule has 0 fully saturated rings. The topological polar surface area (TPSA) is 76.7 Å². The summed E-state index contributed by atoms with van der Waals surface area (Å²) in [6, 6.07) is 12.8. The van der Waals surface area contributed by atoms with Gasteiger partial charge in [-0.1, -0.05) is 41.4 Å². The van der Waals surface area contributed by atoms with E-state index >= 15 is 0 Å². The van der Waals surface area contributed by atoms with Gasteiger partial charge in [-0.3, -0.25) is 10.2 Å². The van der Waals surface area contributed by atoms with Crippen molar-refractivity contribution in [1.29, 1.82) is 0 Å². The molecule has 0 heterocycles. The summed E-state index contributed by atoms with van der Waals surface area (Å²) in [5.74, 6) is 0.0973. The van der Waals surface area contributed by atoms with Crippen LogP contribution in [0.1, 0.15) is 44.7 Å². The Kier molecular flexibility index (Phi) is 9.62. The van der Waals surface area contributed by atoms with Crippen LogP contribution in [0.4, 0.5) is 0 Å². The van der Waals surface area contributed by atoms with Crippen LogP contribution >= 0.6 is 23.2 Å². The zero-order chi connectivity index (χ0) is 22.9. The Morgan fingerprint density at radius 1 is 1.00 bits per heavy atom. The first-order valence-corrected chi connectivity index (χ1v) is 10.9. The van der Waals surface area contributed by atoms with E-state index in [9.17, 15) is 9.59 Å². The summed E-state index contributed by atoms with van der Waals surface area (Å²) in [6.07, 6.45) is 1.85. The second-order valence-corrected chi connectivity index (χ2v) is 8.29. The second kappa shape index (κ2) is 11.9. The summed E-state index contributed by atoms with van der Waals surface area (Å²) in [4.78, 5) is 23.9. The third-order valence-electron chi connectivity index (χ3n) is 4.44. The first-order valence-electron chi connectivity index (χ1n) is 10.1. The van der Waals surface area contributed by atoms with Gasteiger partial charge >= 0.3 is 5.97 Å². The molecule has 0 aliphatic carbocycles. The van der Waals surface area contributed by atoms with Gasteiger partial charge in [-0.25, -0.2) is 10.2 Å². The summed E-state index contributed by atoms with van der Waals surface area (Å²) < 4.78 is 10.8. The van der Waals surface area contributed by atoms with E-state index in [4.69, 9.17) is 32.7 Å². The van der Waals surface area contributed by atoms with Crippen LogP contribution in [0.5, 0.6) is 5.75 Å².